The van der Waals surface area contributed by atoms with Crippen LogP contribution < -0.4 is 5.32 Å². The maximum Gasteiger partial charge on any atom is 0.144 e. The van der Waals surface area contributed by atoms with Gasteiger partial charge in [0, 0.05) is 16.4 Å². The topological polar surface area (TPSA) is 29.3 Å². The molecule has 1 aromatic carbocycles. The summed E-state index contributed by atoms with van der Waals surface area (Å²) >= 11 is 11.3. The maximum atomic E-state index is 6.17. The standard InChI is InChI=1S/C17H11BrClN3S/c18-11-3-6-13(7-4-11)20-17-16(14-2-1-9-23-14)21-15-8-5-12(19)10-22(15)17/h1-10,20H. The quantitative estimate of drug-likeness (QED) is 0.439. The fraction of sp³-hybridized carbons (Fsp3) is 0. The molecule has 0 fully saturated rings. The van der Waals surface area contributed by atoms with Crippen molar-refractivity contribution in [3.05, 3.63) is 69.6 Å². The largest absolute Gasteiger partial charge is 0.339 e. The van der Waals surface area contributed by atoms with Gasteiger partial charge in [-0.05, 0) is 47.8 Å². The van der Waals surface area contributed by atoms with Crippen molar-refractivity contribution in [2.75, 3.05) is 5.32 Å². The molecule has 0 aliphatic carbocycles. The number of imidazole rings is 1. The molecule has 1 N–H and O–H groups in total. The third-order valence-electron chi connectivity index (χ3n) is 3.44. The van der Waals surface area contributed by atoms with Crippen molar-refractivity contribution in [1.82, 2.24) is 9.38 Å². The first-order valence-corrected chi connectivity index (χ1v) is 9.00. The summed E-state index contributed by atoms with van der Waals surface area (Å²) in [5, 5.41) is 6.19. The Morgan fingerprint density at radius 1 is 1.09 bits per heavy atom. The number of hydrogen-bond donors (Lipinski definition) is 1. The fourth-order valence-electron chi connectivity index (χ4n) is 2.39. The molecule has 23 heavy (non-hydrogen) atoms. The van der Waals surface area contributed by atoms with E-state index in [4.69, 9.17) is 16.6 Å². The third kappa shape index (κ3) is 2.87. The van der Waals surface area contributed by atoms with Gasteiger partial charge in [-0.2, -0.15) is 0 Å². The zero-order chi connectivity index (χ0) is 15.8. The zero-order valence-corrected chi connectivity index (χ0v) is 15.0. The SMILES string of the molecule is Clc1ccc2nc(-c3cccs3)c(Nc3ccc(Br)cc3)n2c1. The highest BCUT2D eigenvalue weighted by Gasteiger charge is 2.15. The van der Waals surface area contributed by atoms with Crippen LogP contribution in [0, 0.1) is 0 Å². The Kier molecular flexibility index (Phi) is 3.85. The Labute approximate surface area is 150 Å². The molecule has 3 aromatic heterocycles. The number of benzene rings is 1. The van der Waals surface area contributed by atoms with Crippen LogP contribution in [-0.2, 0) is 0 Å². The minimum absolute atomic E-state index is 0.673. The van der Waals surface area contributed by atoms with Gasteiger partial charge < -0.3 is 5.32 Å². The summed E-state index contributed by atoms with van der Waals surface area (Å²) in [5.41, 5.74) is 2.77. The van der Waals surface area contributed by atoms with Crippen molar-refractivity contribution in [2.45, 2.75) is 0 Å². The number of anilines is 2. The maximum absolute atomic E-state index is 6.17. The van der Waals surface area contributed by atoms with E-state index >= 15 is 0 Å². The number of nitrogens with one attached hydrogen (secondary N) is 1. The van der Waals surface area contributed by atoms with E-state index in [2.05, 4.69) is 32.7 Å². The minimum Gasteiger partial charge on any atom is -0.339 e. The summed E-state index contributed by atoms with van der Waals surface area (Å²) in [5.74, 6) is 0.910. The van der Waals surface area contributed by atoms with Crippen LogP contribution in [0.4, 0.5) is 11.5 Å². The number of thiophene rings is 1. The zero-order valence-electron chi connectivity index (χ0n) is 11.8. The number of fused-ring (bicyclic) bond motifs is 1. The van der Waals surface area contributed by atoms with Gasteiger partial charge in [0.1, 0.15) is 17.2 Å². The number of pyridine rings is 1. The van der Waals surface area contributed by atoms with E-state index in [0.29, 0.717) is 5.02 Å². The van der Waals surface area contributed by atoms with Crippen molar-refractivity contribution >= 4 is 56.0 Å². The molecule has 4 rings (SSSR count). The van der Waals surface area contributed by atoms with Crippen molar-refractivity contribution in [2.24, 2.45) is 0 Å². The van der Waals surface area contributed by atoms with E-state index in [9.17, 15) is 0 Å². The summed E-state index contributed by atoms with van der Waals surface area (Å²) < 4.78 is 3.03. The second-order valence-electron chi connectivity index (χ2n) is 4.99. The first-order valence-electron chi connectivity index (χ1n) is 6.95. The van der Waals surface area contributed by atoms with Crippen molar-refractivity contribution < 1.29 is 0 Å². The van der Waals surface area contributed by atoms with Crippen LogP contribution in [0.2, 0.25) is 5.02 Å². The summed E-state index contributed by atoms with van der Waals surface area (Å²) in [4.78, 5) is 5.87. The lowest BCUT2D eigenvalue weighted by Crippen LogP contribution is -1.96. The van der Waals surface area contributed by atoms with Crippen LogP contribution in [0.1, 0.15) is 0 Å². The Morgan fingerprint density at radius 2 is 1.91 bits per heavy atom. The second-order valence-corrected chi connectivity index (χ2v) is 7.29. The second kappa shape index (κ2) is 6.00. The average molecular weight is 405 g/mol. The molecule has 0 saturated carbocycles. The van der Waals surface area contributed by atoms with Gasteiger partial charge in [-0.15, -0.1) is 11.3 Å². The van der Waals surface area contributed by atoms with Gasteiger partial charge in [0.05, 0.1) is 9.90 Å². The molecule has 4 aromatic rings. The van der Waals surface area contributed by atoms with Crippen LogP contribution in [0.5, 0.6) is 0 Å². The van der Waals surface area contributed by atoms with E-state index in [1.54, 1.807) is 11.3 Å². The fourth-order valence-corrected chi connectivity index (χ4v) is 3.53. The first kappa shape index (κ1) is 14.8. The molecule has 6 heteroatoms. The molecule has 114 valence electrons. The van der Waals surface area contributed by atoms with Gasteiger partial charge in [-0.25, -0.2) is 4.98 Å². The number of aromatic nitrogens is 2. The molecule has 0 bridgehead atoms. The van der Waals surface area contributed by atoms with E-state index in [1.807, 2.05) is 53.1 Å². The predicted octanol–water partition coefficient (Wildman–Crippen LogP) is 6.22. The van der Waals surface area contributed by atoms with E-state index in [-0.39, 0.29) is 0 Å². The number of rotatable bonds is 3. The van der Waals surface area contributed by atoms with E-state index in [0.717, 1.165) is 32.2 Å². The van der Waals surface area contributed by atoms with Gasteiger partial charge in [0.2, 0.25) is 0 Å². The molecule has 0 saturated heterocycles. The van der Waals surface area contributed by atoms with Crippen LogP contribution in [0.15, 0.2) is 64.6 Å². The highest BCUT2D eigenvalue weighted by Crippen LogP contribution is 2.34. The van der Waals surface area contributed by atoms with E-state index < -0.39 is 0 Å². The Balaban J connectivity index is 1.89. The number of hydrogen-bond acceptors (Lipinski definition) is 3. The average Bonchev–Trinajstić information content (AvgIpc) is 3.18. The van der Waals surface area contributed by atoms with Crippen LogP contribution >= 0.6 is 38.9 Å². The normalized spacial score (nSPS) is 11.0. The molecule has 0 aliphatic rings. The number of halogens is 2. The molecule has 3 heterocycles. The lowest BCUT2D eigenvalue weighted by Gasteiger charge is -2.08. The molecule has 0 aliphatic heterocycles. The molecule has 3 nitrogen and oxygen atoms in total. The van der Waals surface area contributed by atoms with Gasteiger partial charge in [-0.3, -0.25) is 4.40 Å². The summed E-state index contributed by atoms with van der Waals surface area (Å²) in [6, 6.07) is 15.9. The molecular weight excluding hydrogens is 394 g/mol. The van der Waals surface area contributed by atoms with Gasteiger partial charge >= 0.3 is 0 Å². The van der Waals surface area contributed by atoms with Crippen molar-refractivity contribution in [1.29, 1.82) is 0 Å². The highest BCUT2D eigenvalue weighted by atomic mass is 79.9. The Morgan fingerprint density at radius 3 is 2.65 bits per heavy atom. The summed E-state index contributed by atoms with van der Waals surface area (Å²) in [6.07, 6.45) is 1.88. The van der Waals surface area contributed by atoms with Crippen molar-refractivity contribution in [3.63, 3.8) is 0 Å². The highest BCUT2D eigenvalue weighted by molar-refractivity contribution is 9.10. The minimum atomic E-state index is 0.673. The molecule has 0 spiro atoms. The monoisotopic (exact) mass is 403 g/mol. The smallest absolute Gasteiger partial charge is 0.144 e. The molecule has 0 unspecified atom stereocenters. The Hall–Kier alpha value is -1.82. The van der Waals surface area contributed by atoms with Gasteiger partial charge in [-0.1, -0.05) is 33.6 Å². The first-order chi connectivity index (χ1) is 11.2. The van der Waals surface area contributed by atoms with Crippen LogP contribution in [-0.4, -0.2) is 9.38 Å². The summed E-state index contributed by atoms with van der Waals surface area (Å²) in [7, 11) is 0. The molecule has 0 atom stereocenters. The van der Waals surface area contributed by atoms with Crippen molar-refractivity contribution in [3.8, 4) is 10.6 Å². The van der Waals surface area contributed by atoms with Gasteiger partial charge in [0.15, 0.2) is 0 Å². The third-order valence-corrected chi connectivity index (χ3v) is 5.07. The summed E-state index contributed by atoms with van der Waals surface area (Å²) in [6.45, 7) is 0. The number of nitrogens with zero attached hydrogens (tertiary/aromatic N) is 2. The lowest BCUT2D eigenvalue weighted by atomic mass is 10.3. The van der Waals surface area contributed by atoms with Crippen LogP contribution in [0.3, 0.4) is 0 Å². The Bertz CT molecular complexity index is 962. The predicted molar refractivity (Wildman–Crippen MR) is 101 cm³/mol. The molecule has 0 radical (unpaired) electrons. The molecule has 0 amide bonds. The van der Waals surface area contributed by atoms with Crippen LogP contribution in [0.25, 0.3) is 16.2 Å². The van der Waals surface area contributed by atoms with Gasteiger partial charge in [0.25, 0.3) is 0 Å². The lowest BCUT2D eigenvalue weighted by molar-refractivity contribution is 1.18. The van der Waals surface area contributed by atoms with E-state index in [1.165, 1.54) is 0 Å². The molecular formula is C17H11BrClN3S.